The van der Waals surface area contributed by atoms with Crippen LogP contribution in [-0.4, -0.2) is 11.9 Å². The molecule has 0 radical (unpaired) electrons. The Morgan fingerprint density at radius 3 is 2.45 bits per heavy atom. The summed E-state index contributed by atoms with van der Waals surface area (Å²) in [4.78, 5) is 16.6. The van der Waals surface area contributed by atoms with Crippen molar-refractivity contribution in [3.63, 3.8) is 0 Å². The molecule has 31 heavy (non-hydrogen) atoms. The van der Waals surface area contributed by atoms with E-state index in [0.717, 1.165) is 22.3 Å². The average molecular weight is 545 g/mol. The first-order valence-corrected chi connectivity index (χ1v) is 10.9. The third-order valence-corrected chi connectivity index (χ3v) is 5.69. The summed E-state index contributed by atoms with van der Waals surface area (Å²) >= 11 is 6.99. The van der Waals surface area contributed by atoms with Gasteiger partial charge in [-0.25, -0.2) is 14.2 Å². The Balaban J connectivity index is 1.55. The third-order valence-electron chi connectivity index (χ3n) is 4.52. The minimum atomic E-state index is -0.505. The summed E-state index contributed by atoms with van der Waals surface area (Å²) in [7, 11) is 0. The molecular formula is C24H16Br2FNO3. The molecule has 1 heterocycles. The van der Waals surface area contributed by atoms with Crippen molar-refractivity contribution >= 4 is 49.8 Å². The van der Waals surface area contributed by atoms with Crippen LogP contribution in [0.25, 0.3) is 6.08 Å². The van der Waals surface area contributed by atoms with Crippen molar-refractivity contribution in [3.05, 3.63) is 103 Å². The molecule has 156 valence electrons. The Morgan fingerprint density at radius 2 is 1.77 bits per heavy atom. The smallest absolute Gasteiger partial charge is 0.363 e. The second kappa shape index (κ2) is 9.16. The Kier molecular flexibility index (Phi) is 6.34. The van der Waals surface area contributed by atoms with Crippen LogP contribution in [0.4, 0.5) is 4.39 Å². The number of aliphatic imine (C=N–C) groups is 1. The number of halogens is 3. The fraction of sp³-hybridized carbons (Fsp3) is 0.0833. The largest absolute Gasteiger partial charge is 0.487 e. The normalized spacial score (nSPS) is 14.5. The van der Waals surface area contributed by atoms with E-state index in [1.54, 1.807) is 18.2 Å². The number of hydrogen-bond donors (Lipinski definition) is 0. The van der Waals surface area contributed by atoms with Crippen molar-refractivity contribution in [2.75, 3.05) is 0 Å². The minimum Gasteiger partial charge on any atom is -0.487 e. The zero-order chi connectivity index (χ0) is 22.0. The molecule has 0 atom stereocenters. The van der Waals surface area contributed by atoms with Gasteiger partial charge in [0.2, 0.25) is 5.90 Å². The number of rotatable bonds is 5. The molecule has 0 spiro atoms. The summed E-state index contributed by atoms with van der Waals surface area (Å²) in [6.07, 6.45) is 1.65. The van der Waals surface area contributed by atoms with Crippen molar-refractivity contribution in [1.29, 1.82) is 0 Å². The molecule has 3 aromatic carbocycles. The molecule has 7 heteroatoms. The van der Waals surface area contributed by atoms with E-state index in [0.29, 0.717) is 14.7 Å². The predicted molar refractivity (Wildman–Crippen MR) is 124 cm³/mol. The molecule has 0 bridgehead atoms. The zero-order valence-corrected chi connectivity index (χ0v) is 19.5. The van der Waals surface area contributed by atoms with E-state index >= 15 is 0 Å². The number of carbonyl (C=O) groups excluding carboxylic acids is 1. The summed E-state index contributed by atoms with van der Waals surface area (Å²) in [6.45, 7) is 2.20. The van der Waals surface area contributed by atoms with E-state index in [-0.39, 0.29) is 24.0 Å². The maximum Gasteiger partial charge on any atom is 0.363 e. The molecule has 0 N–H and O–H groups in total. The Bertz CT molecular complexity index is 1200. The first kappa shape index (κ1) is 21.5. The fourth-order valence-electron chi connectivity index (χ4n) is 2.97. The van der Waals surface area contributed by atoms with Gasteiger partial charge in [-0.3, -0.25) is 0 Å². The minimum absolute atomic E-state index is 0.211. The van der Waals surface area contributed by atoms with Crippen molar-refractivity contribution in [3.8, 4) is 5.75 Å². The molecule has 0 aliphatic carbocycles. The van der Waals surface area contributed by atoms with Gasteiger partial charge < -0.3 is 9.47 Å². The lowest BCUT2D eigenvalue weighted by Gasteiger charge is -2.11. The average Bonchev–Trinajstić information content (AvgIpc) is 3.08. The number of benzene rings is 3. The number of esters is 1. The highest BCUT2D eigenvalue weighted by Crippen LogP contribution is 2.36. The van der Waals surface area contributed by atoms with Crippen molar-refractivity contribution < 1.29 is 18.7 Å². The number of aryl methyl sites for hydroxylation is 1. The highest BCUT2D eigenvalue weighted by molar-refractivity contribution is 9.11. The first-order valence-electron chi connectivity index (χ1n) is 9.35. The summed E-state index contributed by atoms with van der Waals surface area (Å²) < 4.78 is 25.9. The van der Waals surface area contributed by atoms with Crippen LogP contribution in [0.3, 0.4) is 0 Å². The fourth-order valence-corrected chi connectivity index (χ4v) is 4.42. The topological polar surface area (TPSA) is 47.9 Å². The van der Waals surface area contributed by atoms with Crippen LogP contribution in [-0.2, 0) is 16.1 Å². The molecule has 0 unspecified atom stereocenters. The van der Waals surface area contributed by atoms with Gasteiger partial charge in [-0.05, 0) is 92.4 Å². The lowest BCUT2D eigenvalue weighted by molar-refractivity contribution is -0.129. The second-order valence-corrected chi connectivity index (χ2v) is 8.64. The molecule has 4 nitrogen and oxygen atoms in total. The first-order chi connectivity index (χ1) is 14.9. The molecule has 1 aliphatic rings. The lowest BCUT2D eigenvalue weighted by Crippen LogP contribution is -2.05. The Morgan fingerprint density at radius 1 is 1.06 bits per heavy atom. The SMILES string of the molecule is Cc1ccc(C2=N/C(=C\c3cc(Br)c(OCc4cccc(F)c4)c(Br)c3)C(=O)O2)cc1. The van der Waals surface area contributed by atoms with Gasteiger partial charge in [0, 0.05) is 5.56 Å². The van der Waals surface area contributed by atoms with E-state index in [2.05, 4.69) is 36.9 Å². The maximum atomic E-state index is 13.4. The van der Waals surface area contributed by atoms with E-state index in [9.17, 15) is 9.18 Å². The zero-order valence-electron chi connectivity index (χ0n) is 16.4. The predicted octanol–water partition coefficient (Wildman–Crippen LogP) is 6.58. The summed E-state index contributed by atoms with van der Waals surface area (Å²) in [5.41, 5.74) is 3.52. The Labute approximate surface area is 195 Å². The molecular weight excluding hydrogens is 529 g/mol. The molecule has 3 aromatic rings. The number of carbonyl (C=O) groups is 1. The van der Waals surface area contributed by atoms with Gasteiger partial charge >= 0.3 is 5.97 Å². The van der Waals surface area contributed by atoms with Crippen LogP contribution in [0.1, 0.15) is 22.3 Å². The molecule has 0 aromatic heterocycles. The van der Waals surface area contributed by atoms with Crippen LogP contribution in [0.5, 0.6) is 5.75 Å². The lowest BCUT2D eigenvalue weighted by atomic mass is 10.1. The van der Waals surface area contributed by atoms with Crippen LogP contribution < -0.4 is 4.74 Å². The molecule has 1 aliphatic heterocycles. The Hall–Kier alpha value is -2.77. The highest BCUT2D eigenvalue weighted by atomic mass is 79.9. The number of ether oxygens (including phenoxy) is 2. The van der Waals surface area contributed by atoms with E-state index in [1.165, 1.54) is 12.1 Å². The number of nitrogens with zero attached hydrogens (tertiary/aromatic N) is 1. The summed E-state index contributed by atoms with van der Waals surface area (Å²) in [5.74, 6) is 0.0400. The van der Waals surface area contributed by atoms with Crippen molar-refractivity contribution in [2.45, 2.75) is 13.5 Å². The highest BCUT2D eigenvalue weighted by Gasteiger charge is 2.24. The molecule has 0 saturated heterocycles. The maximum absolute atomic E-state index is 13.4. The molecule has 0 amide bonds. The van der Waals surface area contributed by atoms with Gasteiger partial charge in [0.25, 0.3) is 0 Å². The monoisotopic (exact) mass is 543 g/mol. The van der Waals surface area contributed by atoms with Crippen LogP contribution in [0.2, 0.25) is 0 Å². The molecule has 0 saturated carbocycles. The van der Waals surface area contributed by atoms with Gasteiger partial charge in [0.1, 0.15) is 18.2 Å². The molecule has 4 rings (SSSR count). The van der Waals surface area contributed by atoms with E-state index in [1.807, 2.05) is 43.3 Å². The number of hydrogen-bond acceptors (Lipinski definition) is 4. The summed E-state index contributed by atoms with van der Waals surface area (Å²) in [6, 6.07) is 17.5. The standard InChI is InChI=1S/C24H16Br2FNO3/c1-14-5-7-17(8-6-14)23-28-21(24(29)31-23)12-16-10-19(25)22(20(26)11-16)30-13-15-3-2-4-18(27)9-15/h2-12H,13H2,1H3/b21-12-. The number of cyclic esters (lactones) is 1. The molecule has 0 fully saturated rings. The summed E-state index contributed by atoms with van der Waals surface area (Å²) in [5, 5.41) is 0. The quantitative estimate of drug-likeness (QED) is 0.269. The third kappa shape index (κ3) is 5.11. The van der Waals surface area contributed by atoms with Gasteiger partial charge in [0.15, 0.2) is 5.70 Å². The van der Waals surface area contributed by atoms with Crippen molar-refractivity contribution in [1.82, 2.24) is 0 Å². The van der Waals surface area contributed by atoms with E-state index < -0.39 is 5.97 Å². The van der Waals surface area contributed by atoms with Crippen LogP contribution in [0.15, 0.2) is 80.3 Å². The van der Waals surface area contributed by atoms with Crippen LogP contribution >= 0.6 is 31.9 Å². The van der Waals surface area contributed by atoms with Crippen LogP contribution in [0, 0.1) is 12.7 Å². The van der Waals surface area contributed by atoms with Gasteiger partial charge in [-0.1, -0.05) is 29.8 Å². The van der Waals surface area contributed by atoms with Gasteiger partial charge in [-0.2, -0.15) is 0 Å². The van der Waals surface area contributed by atoms with E-state index in [4.69, 9.17) is 9.47 Å². The van der Waals surface area contributed by atoms with Gasteiger partial charge in [-0.15, -0.1) is 0 Å². The van der Waals surface area contributed by atoms with Gasteiger partial charge in [0.05, 0.1) is 8.95 Å². The second-order valence-electron chi connectivity index (χ2n) is 6.93. The van der Waals surface area contributed by atoms with Crippen molar-refractivity contribution in [2.24, 2.45) is 4.99 Å².